The van der Waals surface area contributed by atoms with E-state index in [1.807, 2.05) is 0 Å². The van der Waals surface area contributed by atoms with E-state index in [0.717, 1.165) is 12.8 Å². The molecule has 1 aromatic carbocycles. The van der Waals surface area contributed by atoms with Crippen LogP contribution in [0.1, 0.15) is 109 Å². The number of carbonyl (C=O) groups is 2. The van der Waals surface area contributed by atoms with Crippen LogP contribution in [0.3, 0.4) is 0 Å². The van der Waals surface area contributed by atoms with Crippen molar-refractivity contribution < 1.29 is 28.5 Å². The molecule has 0 aromatic heterocycles. The Balaban J connectivity index is 1.76. The van der Waals surface area contributed by atoms with E-state index in [9.17, 15) is 9.59 Å². The highest BCUT2D eigenvalue weighted by atomic mass is 16.6. The minimum atomic E-state index is -0.149. The van der Waals surface area contributed by atoms with E-state index in [0.29, 0.717) is 77.1 Å². The van der Waals surface area contributed by atoms with Gasteiger partial charge in [0.2, 0.25) is 11.8 Å². The molecule has 0 atom stereocenters. The summed E-state index contributed by atoms with van der Waals surface area (Å²) >= 11 is 0. The molecule has 0 radical (unpaired) electrons. The molecule has 1 aromatic rings. The third-order valence-corrected chi connectivity index (χ3v) is 7.15. The average molecular weight is 621 g/mol. The lowest BCUT2D eigenvalue weighted by Crippen LogP contribution is -2.27. The Morgan fingerprint density at radius 2 is 1.07 bits per heavy atom. The monoisotopic (exact) mass is 620 g/mol. The quantitative estimate of drug-likeness (QED) is 0.0455. The molecule has 5 N–H and O–H groups in total. The topological polar surface area (TPSA) is 145 Å². The molecule has 0 saturated heterocycles. The summed E-state index contributed by atoms with van der Waals surface area (Å²) in [6.07, 6.45) is 17.8. The van der Waals surface area contributed by atoms with Crippen molar-refractivity contribution in [2.24, 2.45) is 5.73 Å². The second-order valence-corrected chi connectivity index (χ2v) is 11.1. The lowest BCUT2D eigenvalue weighted by atomic mass is 10.0. The highest BCUT2D eigenvalue weighted by Gasteiger charge is 2.04. The van der Waals surface area contributed by atoms with Crippen molar-refractivity contribution in [1.29, 1.82) is 5.41 Å². The summed E-state index contributed by atoms with van der Waals surface area (Å²) in [5.41, 5.74) is 6.68. The van der Waals surface area contributed by atoms with Crippen molar-refractivity contribution in [1.82, 2.24) is 5.32 Å². The second kappa shape index (κ2) is 29.2. The fraction of sp³-hybridized carbons (Fsp3) is 0.735. The molecule has 44 heavy (non-hydrogen) atoms. The van der Waals surface area contributed by atoms with Gasteiger partial charge in [-0.2, -0.15) is 0 Å². The number of anilines is 1. The van der Waals surface area contributed by atoms with Crippen LogP contribution in [-0.4, -0.2) is 77.0 Å². The first kappa shape index (κ1) is 39.5. The summed E-state index contributed by atoms with van der Waals surface area (Å²) in [6, 6.07) is 6.79. The van der Waals surface area contributed by atoms with E-state index in [4.69, 9.17) is 30.1 Å². The van der Waals surface area contributed by atoms with E-state index in [1.54, 1.807) is 24.3 Å². The summed E-state index contributed by atoms with van der Waals surface area (Å²) < 4.78 is 21.9. The molecule has 0 spiro atoms. The van der Waals surface area contributed by atoms with Crippen LogP contribution in [0.15, 0.2) is 24.3 Å². The van der Waals surface area contributed by atoms with Gasteiger partial charge in [-0.1, -0.05) is 84.0 Å². The Hall–Kier alpha value is -2.53. The first-order valence-electron chi connectivity index (χ1n) is 16.8. The van der Waals surface area contributed by atoms with Gasteiger partial charge in [-0.05, 0) is 30.7 Å². The normalized spacial score (nSPS) is 11.0. The maximum Gasteiger partial charge on any atom is 0.226 e. The van der Waals surface area contributed by atoms with Gasteiger partial charge >= 0.3 is 0 Å². The Kier molecular flexibility index (Phi) is 26.2. The van der Waals surface area contributed by atoms with Crippen molar-refractivity contribution >= 4 is 23.3 Å². The number of amidine groups is 1. The van der Waals surface area contributed by atoms with Gasteiger partial charge in [-0.15, -0.1) is 0 Å². The van der Waals surface area contributed by atoms with Gasteiger partial charge in [0.15, 0.2) is 0 Å². The molecule has 0 bridgehead atoms. The van der Waals surface area contributed by atoms with E-state index >= 15 is 0 Å². The highest BCUT2D eigenvalue weighted by Crippen LogP contribution is 2.13. The number of nitrogens with two attached hydrogens (primary N) is 1. The molecule has 2 amide bonds. The van der Waals surface area contributed by atoms with E-state index in [-0.39, 0.29) is 24.1 Å². The Morgan fingerprint density at radius 3 is 1.57 bits per heavy atom. The number of amides is 2. The maximum atomic E-state index is 12.0. The molecule has 0 unspecified atom stereocenters. The SMILES string of the molecule is CCCCCCCCCCCCCCCC(=O)NCCOCCOCCOCCOCCC(=O)Nc1ccc(C(=N)N)cc1. The number of nitrogen functional groups attached to an aromatic ring is 1. The van der Waals surface area contributed by atoms with Crippen LogP contribution in [0.4, 0.5) is 5.69 Å². The zero-order valence-corrected chi connectivity index (χ0v) is 27.3. The lowest BCUT2D eigenvalue weighted by molar-refractivity contribution is -0.121. The van der Waals surface area contributed by atoms with Crippen LogP contribution in [0.5, 0.6) is 0 Å². The highest BCUT2D eigenvalue weighted by molar-refractivity contribution is 5.96. The van der Waals surface area contributed by atoms with Crippen molar-refractivity contribution in [3.05, 3.63) is 29.8 Å². The third kappa shape index (κ3) is 24.9. The van der Waals surface area contributed by atoms with Crippen molar-refractivity contribution in [3.63, 3.8) is 0 Å². The number of carbonyl (C=O) groups excluding carboxylic acids is 2. The molecule has 252 valence electrons. The fourth-order valence-electron chi connectivity index (χ4n) is 4.54. The van der Waals surface area contributed by atoms with Gasteiger partial charge in [-0.3, -0.25) is 15.0 Å². The van der Waals surface area contributed by atoms with Crippen LogP contribution in [0, 0.1) is 5.41 Å². The molecule has 0 aliphatic rings. The Morgan fingerprint density at radius 1 is 0.614 bits per heavy atom. The Bertz CT molecular complexity index is 853. The van der Waals surface area contributed by atoms with Crippen molar-refractivity contribution in [3.8, 4) is 0 Å². The Labute approximate surface area is 266 Å². The molecule has 0 aliphatic carbocycles. The molecular formula is C34H60N4O6. The number of unbranched alkanes of at least 4 members (excludes halogenated alkanes) is 12. The predicted molar refractivity (Wildman–Crippen MR) is 177 cm³/mol. The van der Waals surface area contributed by atoms with Crippen LogP contribution in [0.25, 0.3) is 0 Å². The van der Waals surface area contributed by atoms with Gasteiger partial charge in [0.1, 0.15) is 5.84 Å². The standard InChI is InChI=1S/C34H60N4O6/c1-2-3-4-5-6-7-8-9-10-11-12-13-14-15-32(39)37-21-23-42-25-27-44-29-28-43-26-24-41-22-20-33(40)38-31-18-16-30(17-19-31)34(35)36/h16-19H,2-15,20-29H2,1H3,(H3,35,36)(H,37,39)(H,38,40). The number of benzene rings is 1. The lowest BCUT2D eigenvalue weighted by Gasteiger charge is -2.09. The zero-order chi connectivity index (χ0) is 31.9. The summed E-state index contributed by atoms with van der Waals surface area (Å²) in [4.78, 5) is 23.9. The molecule has 0 saturated carbocycles. The van der Waals surface area contributed by atoms with Crippen molar-refractivity contribution in [2.75, 3.05) is 64.7 Å². The van der Waals surface area contributed by atoms with E-state index in [1.165, 1.54) is 70.6 Å². The third-order valence-electron chi connectivity index (χ3n) is 7.15. The largest absolute Gasteiger partial charge is 0.384 e. The average Bonchev–Trinajstić information content (AvgIpc) is 3.01. The van der Waals surface area contributed by atoms with Crippen molar-refractivity contribution in [2.45, 2.75) is 103 Å². The van der Waals surface area contributed by atoms with Gasteiger partial charge in [0.25, 0.3) is 0 Å². The molecule has 1 rings (SSSR count). The molecule has 10 heteroatoms. The molecule has 0 aliphatic heterocycles. The molecule has 10 nitrogen and oxygen atoms in total. The summed E-state index contributed by atoms with van der Waals surface area (Å²) in [5, 5.41) is 13.1. The first-order chi connectivity index (χ1) is 21.5. The first-order valence-corrected chi connectivity index (χ1v) is 16.8. The van der Waals surface area contributed by atoms with Crippen LogP contribution in [-0.2, 0) is 28.5 Å². The van der Waals surface area contributed by atoms with Gasteiger partial charge < -0.3 is 35.3 Å². The summed E-state index contributed by atoms with van der Waals surface area (Å²) in [7, 11) is 0. The van der Waals surface area contributed by atoms with Crippen LogP contribution in [0.2, 0.25) is 0 Å². The molecular weight excluding hydrogens is 560 g/mol. The van der Waals surface area contributed by atoms with E-state index < -0.39 is 0 Å². The maximum absolute atomic E-state index is 12.0. The predicted octanol–water partition coefficient (Wildman–Crippen LogP) is 5.96. The second-order valence-electron chi connectivity index (χ2n) is 11.1. The molecule has 0 heterocycles. The van der Waals surface area contributed by atoms with Gasteiger partial charge in [-0.25, -0.2) is 0 Å². The fourth-order valence-corrected chi connectivity index (χ4v) is 4.54. The minimum absolute atomic E-state index is 0.0115. The number of ether oxygens (including phenoxy) is 4. The molecule has 0 fully saturated rings. The van der Waals surface area contributed by atoms with Crippen LogP contribution < -0.4 is 16.4 Å². The van der Waals surface area contributed by atoms with Gasteiger partial charge in [0, 0.05) is 24.2 Å². The number of nitrogens with one attached hydrogen (secondary N) is 3. The minimum Gasteiger partial charge on any atom is -0.384 e. The van der Waals surface area contributed by atoms with Gasteiger partial charge in [0.05, 0.1) is 59.3 Å². The summed E-state index contributed by atoms with van der Waals surface area (Å²) in [5.74, 6) is -0.0540. The van der Waals surface area contributed by atoms with Crippen LogP contribution >= 0.6 is 0 Å². The van der Waals surface area contributed by atoms with E-state index in [2.05, 4.69) is 17.6 Å². The zero-order valence-electron chi connectivity index (χ0n) is 27.3. The number of rotatable bonds is 31. The smallest absolute Gasteiger partial charge is 0.226 e. The number of hydrogen-bond donors (Lipinski definition) is 4. The summed E-state index contributed by atoms with van der Waals surface area (Å²) in [6.45, 7) is 6.25. The number of hydrogen-bond acceptors (Lipinski definition) is 7.